The van der Waals surface area contributed by atoms with Gasteiger partial charge in [-0.3, -0.25) is 9.59 Å². The normalized spacial score (nSPS) is 15.9. The third-order valence-corrected chi connectivity index (χ3v) is 4.16. The molecule has 0 aromatic heterocycles. The van der Waals surface area contributed by atoms with Crippen LogP contribution in [0.25, 0.3) is 0 Å². The Morgan fingerprint density at radius 2 is 1.68 bits per heavy atom. The lowest BCUT2D eigenvalue weighted by atomic mass is 10.1. The molecule has 1 saturated heterocycles. The molecule has 0 radical (unpaired) electrons. The largest absolute Gasteiger partial charge is 0.495 e. The van der Waals surface area contributed by atoms with Crippen LogP contribution in [0.1, 0.15) is 6.42 Å². The molecular formula is C16H19N3O3. The van der Waals surface area contributed by atoms with Crippen LogP contribution in [0.5, 0.6) is 5.75 Å². The first-order valence-electron chi connectivity index (χ1n) is 7.35. The maximum Gasteiger partial charge on any atom is 0.253 e. The Morgan fingerprint density at radius 1 is 1.00 bits per heavy atom. The standard InChI is InChI=1S/C16H19N3O3/c1-22-12-6-3-2-5-11(12)18-7-4-8-19(10-9-18)14-13(17)15(20)16(14)21/h2-3,5-6H,4,7-10,17H2,1H3. The van der Waals surface area contributed by atoms with E-state index in [4.69, 9.17) is 10.5 Å². The fourth-order valence-electron chi connectivity index (χ4n) is 2.98. The van der Waals surface area contributed by atoms with E-state index >= 15 is 0 Å². The van der Waals surface area contributed by atoms with Crippen molar-refractivity contribution in [2.45, 2.75) is 6.42 Å². The molecule has 6 nitrogen and oxygen atoms in total. The van der Waals surface area contributed by atoms with E-state index in [1.54, 1.807) is 7.11 Å². The van der Waals surface area contributed by atoms with E-state index in [9.17, 15) is 9.59 Å². The lowest BCUT2D eigenvalue weighted by Gasteiger charge is -2.26. The smallest absolute Gasteiger partial charge is 0.253 e. The highest BCUT2D eigenvalue weighted by Crippen LogP contribution is 2.29. The highest BCUT2D eigenvalue weighted by molar-refractivity contribution is 5.73. The van der Waals surface area contributed by atoms with Crippen molar-refractivity contribution < 1.29 is 4.74 Å². The maximum absolute atomic E-state index is 11.7. The van der Waals surface area contributed by atoms with Crippen LogP contribution < -0.4 is 31.1 Å². The number of para-hydroxylation sites is 2. The molecule has 3 rings (SSSR count). The van der Waals surface area contributed by atoms with Crippen LogP contribution in [-0.4, -0.2) is 33.3 Å². The summed E-state index contributed by atoms with van der Waals surface area (Å²) in [4.78, 5) is 27.1. The van der Waals surface area contributed by atoms with Gasteiger partial charge >= 0.3 is 0 Å². The average Bonchev–Trinajstić information content (AvgIpc) is 2.80. The van der Waals surface area contributed by atoms with E-state index in [2.05, 4.69) is 4.90 Å². The summed E-state index contributed by atoms with van der Waals surface area (Å²) in [6.07, 6.45) is 0.885. The summed E-state index contributed by atoms with van der Waals surface area (Å²) < 4.78 is 5.41. The van der Waals surface area contributed by atoms with Crippen LogP contribution in [-0.2, 0) is 0 Å². The molecule has 2 N–H and O–H groups in total. The van der Waals surface area contributed by atoms with Crippen molar-refractivity contribution in [3.63, 3.8) is 0 Å². The Bertz CT molecular complexity index is 749. The minimum Gasteiger partial charge on any atom is -0.495 e. The summed E-state index contributed by atoms with van der Waals surface area (Å²) >= 11 is 0. The van der Waals surface area contributed by atoms with Crippen molar-refractivity contribution in [1.82, 2.24) is 0 Å². The Morgan fingerprint density at radius 3 is 2.41 bits per heavy atom. The van der Waals surface area contributed by atoms with Gasteiger partial charge in [0.2, 0.25) is 0 Å². The number of benzene rings is 1. The summed E-state index contributed by atoms with van der Waals surface area (Å²) in [5, 5.41) is 0. The SMILES string of the molecule is COc1ccccc1N1CCCN(c2c(N)c(=O)c2=O)CC1. The number of anilines is 3. The molecule has 0 bridgehead atoms. The van der Waals surface area contributed by atoms with Gasteiger partial charge < -0.3 is 20.3 Å². The van der Waals surface area contributed by atoms with Crippen LogP contribution >= 0.6 is 0 Å². The number of hydrogen-bond acceptors (Lipinski definition) is 6. The van der Waals surface area contributed by atoms with Crippen LogP contribution in [0.4, 0.5) is 17.1 Å². The van der Waals surface area contributed by atoms with Gasteiger partial charge in [-0.2, -0.15) is 0 Å². The zero-order valence-corrected chi connectivity index (χ0v) is 12.5. The van der Waals surface area contributed by atoms with E-state index in [1.807, 2.05) is 29.2 Å². The van der Waals surface area contributed by atoms with Crippen LogP contribution in [0.15, 0.2) is 33.9 Å². The van der Waals surface area contributed by atoms with Crippen molar-refractivity contribution in [2.24, 2.45) is 0 Å². The molecule has 0 saturated carbocycles. The lowest BCUT2D eigenvalue weighted by Crippen LogP contribution is -2.43. The summed E-state index contributed by atoms with van der Waals surface area (Å²) in [5.41, 5.74) is 6.20. The second-order valence-corrected chi connectivity index (χ2v) is 5.42. The molecular weight excluding hydrogens is 282 g/mol. The maximum atomic E-state index is 11.7. The zero-order valence-electron chi connectivity index (χ0n) is 12.5. The van der Waals surface area contributed by atoms with Crippen molar-refractivity contribution in [3.8, 4) is 5.75 Å². The molecule has 0 unspecified atom stereocenters. The van der Waals surface area contributed by atoms with Gasteiger partial charge in [0.25, 0.3) is 10.9 Å². The molecule has 0 spiro atoms. The molecule has 6 heteroatoms. The van der Waals surface area contributed by atoms with Gasteiger partial charge in [0.1, 0.15) is 17.1 Å². The summed E-state index contributed by atoms with van der Waals surface area (Å²) in [7, 11) is 1.66. The highest BCUT2D eigenvalue weighted by Gasteiger charge is 2.26. The van der Waals surface area contributed by atoms with Gasteiger partial charge in [0.15, 0.2) is 0 Å². The Kier molecular flexibility index (Phi) is 3.75. The molecule has 22 heavy (non-hydrogen) atoms. The number of rotatable bonds is 3. The molecule has 0 amide bonds. The monoisotopic (exact) mass is 301 g/mol. The Labute approximate surface area is 128 Å². The van der Waals surface area contributed by atoms with Crippen molar-refractivity contribution in [3.05, 3.63) is 44.7 Å². The predicted molar refractivity (Wildman–Crippen MR) is 87.8 cm³/mol. The van der Waals surface area contributed by atoms with Gasteiger partial charge in [-0.15, -0.1) is 0 Å². The zero-order chi connectivity index (χ0) is 15.7. The summed E-state index contributed by atoms with van der Waals surface area (Å²) in [6.45, 7) is 3.00. The molecule has 0 aliphatic carbocycles. The van der Waals surface area contributed by atoms with Crippen LogP contribution in [0.2, 0.25) is 0 Å². The number of hydrogen-bond donors (Lipinski definition) is 1. The molecule has 2 aromatic carbocycles. The third-order valence-electron chi connectivity index (χ3n) is 4.16. The molecule has 0 atom stereocenters. The topological polar surface area (TPSA) is 75.9 Å². The van der Waals surface area contributed by atoms with Gasteiger partial charge in [-0.1, -0.05) is 12.1 Å². The van der Waals surface area contributed by atoms with E-state index < -0.39 is 10.9 Å². The first kappa shape index (κ1) is 14.4. The van der Waals surface area contributed by atoms with Crippen LogP contribution in [0.3, 0.4) is 0 Å². The highest BCUT2D eigenvalue weighted by atomic mass is 16.5. The molecule has 1 heterocycles. The Balaban J connectivity index is 1.78. The number of ether oxygens (including phenoxy) is 1. The summed E-state index contributed by atoms with van der Waals surface area (Å²) in [5.74, 6) is 0.838. The molecule has 1 fully saturated rings. The first-order chi connectivity index (χ1) is 10.6. The predicted octanol–water partition coefficient (Wildman–Crippen LogP) is 0.590. The van der Waals surface area contributed by atoms with Crippen molar-refractivity contribution >= 4 is 17.1 Å². The molecule has 1 aliphatic heterocycles. The second kappa shape index (κ2) is 5.71. The van der Waals surface area contributed by atoms with E-state index in [1.165, 1.54) is 0 Å². The van der Waals surface area contributed by atoms with Crippen molar-refractivity contribution in [2.75, 3.05) is 48.8 Å². The van der Waals surface area contributed by atoms with Gasteiger partial charge in [0, 0.05) is 26.2 Å². The van der Waals surface area contributed by atoms with Crippen molar-refractivity contribution in [1.29, 1.82) is 0 Å². The first-order valence-corrected chi connectivity index (χ1v) is 7.35. The minimum atomic E-state index is -0.555. The fourth-order valence-corrected chi connectivity index (χ4v) is 2.98. The fraction of sp³-hybridized carbons (Fsp3) is 0.375. The Hall–Kier alpha value is -2.50. The van der Waals surface area contributed by atoms with Gasteiger partial charge in [-0.25, -0.2) is 0 Å². The number of nitrogens with zero attached hydrogens (tertiary/aromatic N) is 2. The van der Waals surface area contributed by atoms with Gasteiger partial charge in [0.05, 0.1) is 12.8 Å². The van der Waals surface area contributed by atoms with E-state index in [0.717, 1.165) is 37.5 Å². The molecule has 1 aliphatic rings. The number of methoxy groups -OCH3 is 1. The third kappa shape index (κ3) is 2.30. The summed E-state index contributed by atoms with van der Waals surface area (Å²) in [6, 6.07) is 7.89. The molecule has 116 valence electrons. The quantitative estimate of drug-likeness (QED) is 0.836. The lowest BCUT2D eigenvalue weighted by molar-refractivity contribution is 0.414. The average molecular weight is 301 g/mol. The molecule has 2 aromatic rings. The number of nitrogen functional groups attached to an aromatic ring is 1. The minimum absolute atomic E-state index is 0.107. The second-order valence-electron chi connectivity index (χ2n) is 5.42. The van der Waals surface area contributed by atoms with Gasteiger partial charge in [-0.05, 0) is 18.6 Å². The van der Waals surface area contributed by atoms with E-state index in [-0.39, 0.29) is 5.69 Å². The van der Waals surface area contributed by atoms with E-state index in [0.29, 0.717) is 12.2 Å². The van der Waals surface area contributed by atoms with Crippen LogP contribution in [0, 0.1) is 0 Å². The number of nitrogens with two attached hydrogens (primary N) is 1.